The van der Waals surface area contributed by atoms with Crippen LogP contribution in [0.1, 0.15) is 63.4 Å². The summed E-state index contributed by atoms with van der Waals surface area (Å²) in [6.07, 6.45) is -1.41. The Morgan fingerprint density at radius 1 is 1.21 bits per heavy atom. The van der Waals surface area contributed by atoms with Gasteiger partial charge in [0.05, 0.1) is 30.9 Å². The average molecular weight is 803 g/mol. The summed E-state index contributed by atoms with van der Waals surface area (Å²) < 4.78 is 43.3. The number of esters is 1. The summed E-state index contributed by atoms with van der Waals surface area (Å²) in [4.78, 5) is 56.3. The molecular weight excluding hydrogens is 751 g/mol. The maximum atomic E-state index is 14.6. The molecule has 56 heavy (non-hydrogen) atoms. The molecule has 2 fully saturated rings. The van der Waals surface area contributed by atoms with Gasteiger partial charge in [0.2, 0.25) is 5.91 Å². The first-order valence-electron chi connectivity index (χ1n) is 18.1. The first-order chi connectivity index (χ1) is 26.2. The zero-order valence-corrected chi connectivity index (χ0v) is 33.9. The van der Waals surface area contributed by atoms with Gasteiger partial charge in [0.15, 0.2) is 5.72 Å². The second-order valence-corrected chi connectivity index (χ2v) is 14.9. The topological polar surface area (TPSA) is 182 Å². The Morgan fingerprint density at radius 3 is 2.50 bits per heavy atom. The summed E-state index contributed by atoms with van der Waals surface area (Å²) >= 11 is 6.72. The minimum atomic E-state index is -1.85. The van der Waals surface area contributed by atoms with Crippen molar-refractivity contribution in [2.75, 3.05) is 38.9 Å². The molecule has 0 bridgehead atoms. The van der Waals surface area contributed by atoms with E-state index in [1.807, 2.05) is 19.9 Å². The number of allylic oxidation sites excluding steroid dienone is 2. The number of benzene rings is 2. The third-order valence-corrected chi connectivity index (χ3v) is 11.1. The summed E-state index contributed by atoms with van der Waals surface area (Å²) in [5.74, 6) is -3.31. The fourth-order valence-corrected chi connectivity index (χ4v) is 7.16. The number of hydrogen-bond acceptors (Lipinski definition) is 11. The lowest BCUT2D eigenvalue weighted by Gasteiger charge is -2.42. The van der Waals surface area contributed by atoms with Crippen LogP contribution in [-0.4, -0.2) is 104 Å². The van der Waals surface area contributed by atoms with Crippen LogP contribution in [0.2, 0.25) is 5.02 Å². The lowest BCUT2D eigenvalue weighted by atomic mass is 9.83. The van der Waals surface area contributed by atoms with E-state index in [9.17, 15) is 28.7 Å². The van der Waals surface area contributed by atoms with Crippen LogP contribution in [-0.2, 0) is 35.0 Å². The standard InChI is InChI=1S/C40H52ClFN4O10/c1-11-21(3)15-24-16-28(34(41)29(17-24)52-9)46(8)33(47)19-32(55-37(49)23(5)45(7)36(48)26-18-25(43)13-14-27(26)42)39(6)35(56-39)22(4)30-20-40(51,31(12-2)53-10)44-38(50)54-30/h11-14,16-18,22-23,30-32,35,51H,2,15,19-20,43H2,1,3-10H3,(H,44,50)/b21-11+/t22-,23+,30+,31-,32+,35+,39+,40+/m1/s1. The number of epoxide rings is 1. The maximum absolute atomic E-state index is 14.6. The minimum Gasteiger partial charge on any atom is -0.495 e. The van der Waals surface area contributed by atoms with E-state index >= 15 is 0 Å². The van der Waals surface area contributed by atoms with Gasteiger partial charge in [0.25, 0.3) is 5.91 Å². The molecule has 0 radical (unpaired) electrons. The van der Waals surface area contributed by atoms with Gasteiger partial charge >= 0.3 is 12.1 Å². The number of ether oxygens (including phenoxy) is 5. The van der Waals surface area contributed by atoms with Crippen molar-refractivity contribution in [1.29, 1.82) is 0 Å². The lowest BCUT2D eigenvalue weighted by Crippen LogP contribution is -2.63. The molecule has 4 rings (SSSR count). The number of hydrogen-bond donors (Lipinski definition) is 3. The van der Waals surface area contributed by atoms with Crippen LogP contribution in [0.4, 0.5) is 20.6 Å². The molecule has 8 atom stereocenters. The zero-order valence-electron chi connectivity index (χ0n) is 33.2. The van der Waals surface area contributed by atoms with Crippen LogP contribution in [0.15, 0.2) is 54.6 Å². The predicted octanol–water partition coefficient (Wildman–Crippen LogP) is 5.19. The number of aliphatic hydroxyl groups is 1. The van der Waals surface area contributed by atoms with E-state index in [1.54, 1.807) is 26.0 Å². The molecule has 0 aromatic heterocycles. The molecule has 0 spiro atoms. The predicted molar refractivity (Wildman–Crippen MR) is 208 cm³/mol. The van der Waals surface area contributed by atoms with Crippen molar-refractivity contribution in [2.24, 2.45) is 5.92 Å². The van der Waals surface area contributed by atoms with Crippen molar-refractivity contribution in [2.45, 2.75) is 95.7 Å². The summed E-state index contributed by atoms with van der Waals surface area (Å²) in [6.45, 7) is 12.4. The quantitative estimate of drug-likeness (QED) is 0.0880. The monoisotopic (exact) mass is 802 g/mol. The van der Waals surface area contributed by atoms with Crippen LogP contribution >= 0.6 is 11.6 Å². The normalized spacial score (nSPS) is 24.1. The number of halogens is 2. The second-order valence-electron chi connectivity index (χ2n) is 14.5. The molecule has 3 amide bonds. The van der Waals surface area contributed by atoms with E-state index < -0.39 is 83.8 Å². The van der Waals surface area contributed by atoms with Gasteiger partial charge in [0.1, 0.15) is 46.5 Å². The van der Waals surface area contributed by atoms with Gasteiger partial charge < -0.3 is 44.3 Å². The summed E-state index contributed by atoms with van der Waals surface area (Å²) in [7, 11) is 5.67. The maximum Gasteiger partial charge on any atom is 0.409 e. The van der Waals surface area contributed by atoms with E-state index in [0.717, 1.165) is 22.1 Å². The first kappa shape index (κ1) is 44.0. The lowest BCUT2D eigenvalue weighted by molar-refractivity contribution is -0.158. The molecule has 16 heteroatoms. The molecule has 0 aliphatic carbocycles. The molecule has 4 N–H and O–H groups in total. The van der Waals surface area contributed by atoms with E-state index in [2.05, 4.69) is 11.9 Å². The molecular formula is C40H52ClFN4O10. The SMILES string of the molecule is C=C[C@@H](OC)[C@@]1(O)C[C@@H]([C@@H](C)[C@@H]2O[C@@]2(C)[C@H](CC(=O)N(C)c2cc(C/C(C)=C/C)cc(OC)c2Cl)OC(=O)[C@H](C)N(C)C(=O)c2cc(N)ccc2F)OC(=O)N1. The molecule has 2 aromatic carbocycles. The van der Waals surface area contributed by atoms with Gasteiger partial charge in [-0.15, -0.1) is 6.58 Å². The number of carbonyl (C=O) groups excluding carboxylic acids is 4. The Bertz CT molecular complexity index is 1880. The van der Waals surface area contributed by atoms with Crippen molar-refractivity contribution in [3.05, 3.63) is 76.6 Å². The number of nitrogen functional groups attached to an aromatic ring is 1. The number of nitrogens with one attached hydrogen (secondary N) is 1. The van der Waals surface area contributed by atoms with Crippen molar-refractivity contribution in [1.82, 2.24) is 10.2 Å². The number of anilines is 2. The van der Waals surface area contributed by atoms with Gasteiger partial charge in [-0.05, 0) is 70.0 Å². The van der Waals surface area contributed by atoms with E-state index in [0.29, 0.717) is 17.9 Å². The van der Waals surface area contributed by atoms with Crippen LogP contribution in [0.3, 0.4) is 0 Å². The van der Waals surface area contributed by atoms with Gasteiger partial charge in [-0.1, -0.05) is 36.2 Å². The molecule has 14 nitrogen and oxygen atoms in total. The highest BCUT2D eigenvalue weighted by molar-refractivity contribution is 6.35. The number of nitrogens with zero attached hydrogens (tertiary/aromatic N) is 2. The first-order valence-corrected chi connectivity index (χ1v) is 18.4. The number of alkyl carbamates (subject to hydrolysis) is 1. The molecule has 0 unspecified atom stereocenters. The highest BCUT2D eigenvalue weighted by atomic mass is 35.5. The van der Waals surface area contributed by atoms with Gasteiger partial charge in [-0.2, -0.15) is 0 Å². The van der Waals surface area contributed by atoms with Crippen molar-refractivity contribution in [3.63, 3.8) is 0 Å². The number of rotatable bonds is 16. The van der Waals surface area contributed by atoms with Crippen LogP contribution in [0.25, 0.3) is 0 Å². The number of amides is 3. The molecule has 2 aliphatic rings. The third kappa shape index (κ3) is 9.28. The Labute approximate surface area is 331 Å². The van der Waals surface area contributed by atoms with Crippen LogP contribution in [0, 0.1) is 11.7 Å². The van der Waals surface area contributed by atoms with Crippen LogP contribution < -0.4 is 20.7 Å². The number of methoxy groups -OCH3 is 2. The van der Waals surface area contributed by atoms with Crippen molar-refractivity contribution in [3.8, 4) is 5.75 Å². The van der Waals surface area contributed by atoms with Gasteiger partial charge in [-0.25, -0.2) is 14.0 Å². The average Bonchev–Trinajstić information content (AvgIpc) is 3.86. The Morgan fingerprint density at radius 2 is 1.89 bits per heavy atom. The zero-order chi connectivity index (χ0) is 41.9. The molecule has 2 aromatic rings. The fraction of sp³-hybridized carbons (Fsp3) is 0.500. The number of likely N-dealkylation sites (N-methyl/N-ethyl adjacent to an activating group) is 1. The largest absolute Gasteiger partial charge is 0.495 e. The smallest absolute Gasteiger partial charge is 0.409 e. The Kier molecular flexibility index (Phi) is 13.8. The van der Waals surface area contributed by atoms with Crippen molar-refractivity contribution >= 4 is 46.9 Å². The summed E-state index contributed by atoms with van der Waals surface area (Å²) in [6, 6.07) is 5.84. The summed E-state index contributed by atoms with van der Waals surface area (Å²) in [5.41, 5.74) is 4.70. The second kappa shape index (κ2) is 17.6. The molecule has 2 saturated heterocycles. The number of cyclic esters (lactones) is 1. The molecule has 0 saturated carbocycles. The van der Waals surface area contributed by atoms with E-state index in [-0.39, 0.29) is 22.7 Å². The van der Waals surface area contributed by atoms with Crippen molar-refractivity contribution < 1.29 is 52.4 Å². The fourth-order valence-electron chi connectivity index (χ4n) is 6.85. The Balaban J connectivity index is 1.65. The highest BCUT2D eigenvalue weighted by Gasteiger charge is 2.64. The van der Waals surface area contributed by atoms with Gasteiger partial charge in [0, 0.05) is 39.2 Å². The van der Waals surface area contributed by atoms with E-state index in [1.165, 1.54) is 58.3 Å². The number of carbonyl (C=O) groups is 4. The Hall–Kier alpha value is -4.70. The molecule has 2 aliphatic heterocycles. The van der Waals surface area contributed by atoms with Crippen LogP contribution in [0.5, 0.6) is 5.75 Å². The summed E-state index contributed by atoms with van der Waals surface area (Å²) in [5, 5.41) is 13.9. The molecule has 2 heterocycles. The molecule has 306 valence electrons. The van der Waals surface area contributed by atoms with Gasteiger partial charge in [-0.3, -0.25) is 14.9 Å². The minimum absolute atomic E-state index is 0.111. The number of nitrogens with two attached hydrogens (primary N) is 1. The third-order valence-electron chi connectivity index (χ3n) is 10.7. The van der Waals surface area contributed by atoms with E-state index in [4.69, 9.17) is 41.0 Å². The highest BCUT2D eigenvalue weighted by Crippen LogP contribution is 2.49.